The second-order valence-corrected chi connectivity index (χ2v) is 7.71. The highest BCUT2D eigenvalue weighted by Crippen LogP contribution is 2.29. The van der Waals surface area contributed by atoms with E-state index in [1.807, 2.05) is 37.3 Å². The molecule has 0 N–H and O–H groups in total. The number of carbonyl (C=O) groups excluding carboxylic acids is 2. The molecular formula is C23H30N4O3. The SMILES string of the molecule is CCC(C)C(C(=O)OC(C)C(=O)N1CCN(c2ncccn2)CC1)c1ccccc1. The molecule has 1 amide bonds. The van der Waals surface area contributed by atoms with Crippen molar-refractivity contribution in [2.75, 3.05) is 31.1 Å². The van der Waals surface area contributed by atoms with Gasteiger partial charge in [-0.3, -0.25) is 9.59 Å². The molecule has 0 spiro atoms. The number of hydrogen-bond donors (Lipinski definition) is 0. The predicted molar refractivity (Wildman–Crippen MR) is 115 cm³/mol. The van der Waals surface area contributed by atoms with Gasteiger partial charge >= 0.3 is 5.97 Å². The van der Waals surface area contributed by atoms with Crippen molar-refractivity contribution < 1.29 is 14.3 Å². The Morgan fingerprint density at radius 3 is 2.23 bits per heavy atom. The van der Waals surface area contributed by atoms with E-state index in [0.29, 0.717) is 32.1 Å². The number of carbonyl (C=O) groups is 2. The first-order chi connectivity index (χ1) is 14.5. The number of anilines is 1. The minimum absolute atomic E-state index is 0.122. The van der Waals surface area contributed by atoms with Crippen LogP contribution in [0.15, 0.2) is 48.8 Å². The fourth-order valence-corrected chi connectivity index (χ4v) is 3.73. The Bertz CT molecular complexity index is 823. The van der Waals surface area contributed by atoms with Crippen LogP contribution in [-0.2, 0) is 14.3 Å². The summed E-state index contributed by atoms with van der Waals surface area (Å²) in [5, 5.41) is 0. The van der Waals surface area contributed by atoms with Gasteiger partial charge in [0.25, 0.3) is 5.91 Å². The smallest absolute Gasteiger partial charge is 0.314 e. The lowest BCUT2D eigenvalue weighted by molar-refractivity contribution is -0.161. The minimum atomic E-state index is -0.813. The Kier molecular flexibility index (Phi) is 7.38. The molecule has 1 fully saturated rings. The zero-order valence-corrected chi connectivity index (χ0v) is 17.9. The maximum Gasteiger partial charge on any atom is 0.314 e. The van der Waals surface area contributed by atoms with Crippen molar-refractivity contribution in [1.29, 1.82) is 0 Å². The number of piperazine rings is 1. The van der Waals surface area contributed by atoms with Crippen LogP contribution >= 0.6 is 0 Å². The molecule has 2 aromatic rings. The van der Waals surface area contributed by atoms with Crippen LogP contribution in [0.25, 0.3) is 0 Å². The van der Waals surface area contributed by atoms with E-state index in [1.54, 1.807) is 30.3 Å². The normalized spacial score (nSPS) is 17.2. The summed E-state index contributed by atoms with van der Waals surface area (Å²) in [5.41, 5.74) is 0.924. The molecule has 3 rings (SSSR count). The molecule has 0 aliphatic carbocycles. The summed E-state index contributed by atoms with van der Waals surface area (Å²) >= 11 is 0. The molecule has 1 aliphatic rings. The number of rotatable bonds is 7. The number of esters is 1. The fraction of sp³-hybridized carbons (Fsp3) is 0.478. The molecule has 3 atom stereocenters. The summed E-state index contributed by atoms with van der Waals surface area (Å²) in [5.74, 6) is -0.0841. The summed E-state index contributed by atoms with van der Waals surface area (Å²) in [6.07, 6.45) is 3.46. The topological polar surface area (TPSA) is 75.6 Å². The minimum Gasteiger partial charge on any atom is -0.452 e. The van der Waals surface area contributed by atoms with Gasteiger partial charge in [-0.2, -0.15) is 0 Å². The average Bonchev–Trinajstić information content (AvgIpc) is 2.80. The van der Waals surface area contributed by atoms with Gasteiger partial charge in [-0.15, -0.1) is 0 Å². The van der Waals surface area contributed by atoms with Gasteiger partial charge in [0.15, 0.2) is 6.10 Å². The van der Waals surface area contributed by atoms with Crippen LogP contribution in [0.2, 0.25) is 0 Å². The number of benzene rings is 1. The summed E-state index contributed by atoms with van der Waals surface area (Å²) in [6.45, 7) is 8.14. The first kappa shape index (κ1) is 21.7. The van der Waals surface area contributed by atoms with Gasteiger partial charge in [-0.25, -0.2) is 9.97 Å². The third kappa shape index (κ3) is 5.14. The van der Waals surface area contributed by atoms with Gasteiger partial charge in [0.05, 0.1) is 5.92 Å². The molecule has 160 valence electrons. The van der Waals surface area contributed by atoms with E-state index in [1.165, 1.54) is 0 Å². The molecule has 2 heterocycles. The molecular weight excluding hydrogens is 380 g/mol. The third-order valence-electron chi connectivity index (χ3n) is 5.69. The predicted octanol–water partition coefficient (Wildman–Crippen LogP) is 2.89. The Morgan fingerprint density at radius 2 is 1.63 bits per heavy atom. The third-order valence-corrected chi connectivity index (χ3v) is 5.69. The van der Waals surface area contributed by atoms with Crippen molar-refractivity contribution in [2.45, 2.75) is 39.2 Å². The van der Waals surface area contributed by atoms with Crippen molar-refractivity contribution in [3.63, 3.8) is 0 Å². The van der Waals surface area contributed by atoms with Gasteiger partial charge in [-0.1, -0.05) is 50.6 Å². The van der Waals surface area contributed by atoms with Crippen molar-refractivity contribution in [1.82, 2.24) is 14.9 Å². The summed E-state index contributed by atoms with van der Waals surface area (Å²) in [7, 11) is 0. The Hall–Kier alpha value is -2.96. The van der Waals surface area contributed by atoms with E-state index in [9.17, 15) is 9.59 Å². The highest BCUT2D eigenvalue weighted by atomic mass is 16.5. The van der Waals surface area contributed by atoms with E-state index in [4.69, 9.17) is 4.74 Å². The lowest BCUT2D eigenvalue weighted by Crippen LogP contribution is -2.52. The van der Waals surface area contributed by atoms with E-state index < -0.39 is 6.10 Å². The van der Waals surface area contributed by atoms with Crippen LogP contribution < -0.4 is 4.90 Å². The molecule has 0 bridgehead atoms. The number of aromatic nitrogens is 2. The molecule has 0 saturated carbocycles. The van der Waals surface area contributed by atoms with Gasteiger partial charge in [0.2, 0.25) is 5.95 Å². The molecule has 1 aromatic heterocycles. The van der Waals surface area contributed by atoms with Gasteiger partial charge in [0, 0.05) is 38.6 Å². The summed E-state index contributed by atoms with van der Waals surface area (Å²) in [4.78, 5) is 38.2. The fourth-order valence-electron chi connectivity index (χ4n) is 3.73. The zero-order valence-electron chi connectivity index (χ0n) is 17.9. The summed E-state index contributed by atoms with van der Waals surface area (Å²) in [6, 6.07) is 11.4. The van der Waals surface area contributed by atoms with E-state index >= 15 is 0 Å². The van der Waals surface area contributed by atoms with Crippen molar-refractivity contribution in [2.24, 2.45) is 5.92 Å². The summed E-state index contributed by atoms with van der Waals surface area (Å²) < 4.78 is 5.65. The van der Waals surface area contributed by atoms with E-state index in [-0.39, 0.29) is 23.7 Å². The Balaban J connectivity index is 1.58. The number of nitrogens with zero attached hydrogens (tertiary/aromatic N) is 4. The Morgan fingerprint density at radius 1 is 1.00 bits per heavy atom. The van der Waals surface area contributed by atoms with E-state index in [2.05, 4.69) is 21.8 Å². The second kappa shape index (κ2) is 10.2. The highest BCUT2D eigenvalue weighted by Gasteiger charge is 2.32. The van der Waals surface area contributed by atoms with Gasteiger partial charge in [-0.05, 0) is 24.5 Å². The zero-order chi connectivity index (χ0) is 21.5. The first-order valence-electron chi connectivity index (χ1n) is 10.6. The molecule has 1 aliphatic heterocycles. The van der Waals surface area contributed by atoms with Gasteiger partial charge in [0.1, 0.15) is 0 Å². The van der Waals surface area contributed by atoms with Crippen LogP contribution in [0.1, 0.15) is 38.7 Å². The average molecular weight is 411 g/mol. The molecule has 30 heavy (non-hydrogen) atoms. The maximum atomic E-state index is 13.0. The van der Waals surface area contributed by atoms with Crippen LogP contribution in [0.3, 0.4) is 0 Å². The van der Waals surface area contributed by atoms with Gasteiger partial charge < -0.3 is 14.5 Å². The Labute approximate surface area is 178 Å². The van der Waals surface area contributed by atoms with Crippen molar-refractivity contribution in [3.8, 4) is 0 Å². The number of hydrogen-bond acceptors (Lipinski definition) is 6. The van der Waals surface area contributed by atoms with Crippen LogP contribution in [0, 0.1) is 5.92 Å². The first-order valence-corrected chi connectivity index (χ1v) is 10.6. The lowest BCUT2D eigenvalue weighted by Gasteiger charge is -2.35. The standard InChI is InChI=1S/C23H30N4O3/c1-4-17(2)20(19-9-6-5-7-10-19)22(29)30-18(3)21(28)26-13-15-27(16-14-26)23-24-11-8-12-25-23/h5-12,17-18,20H,4,13-16H2,1-3H3. The second-order valence-electron chi connectivity index (χ2n) is 7.71. The molecule has 0 radical (unpaired) electrons. The van der Waals surface area contributed by atoms with Crippen molar-refractivity contribution >= 4 is 17.8 Å². The maximum absolute atomic E-state index is 13.0. The molecule has 7 nitrogen and oxygen atoms in total. The van der Waals surface area contributed by atoms with Crippen LogP contribution in [-0.4, -0.2) is 59.0 Å². The molecule has 3 unspecified atom stereocenters. The lowest BCUT2D eigenvalue weighted by atomic mass is 9.85. The highest BCUT2D eigenvalue weighted by molar-refractivity contribution is 5.86. The van der Waals surface area contributed by atoms with Crippen molar-refractivity contribution in [3.05, 3.63) is 54.4 Å². The quantitative estimate of drug-likeness (QED) is 0.654. The largest absolute Gasteiger partial charge is 0.452 e. The molecule has 7 heteroatoms. The molecule has 1 saturated heterocycles. The van der Waals surface area contributed by atoms with E-state index in [0.717, 1.165) is 12.0 Å². The number of ether oxygens (including phenoxy) is 1. The molecule has 1 aromatic carbocycles. The number of amides is 1. The van der Waals surface area contributed by atoms with Crippen LogP contribution in [0.5, 0.6) is 0 Å². The van der Waals surface area contributed by atoms with Crippen LogP contribution in [0.4, 0.5) is 5.95 Å². The monoisotopic (exact) mass is 410 g/mol.